The topological polar surface area (TPSA) is 20.3 Å². The standard InChI is InChI=1S/C16H15BrClNO/c1-19(11-14-4-2-3-5-15(14)17)16(20)13-8-6-12(10-18)7-9-13/h2-9H,10-11H2,1H3. The monoisotopic (exact) mass is 351 g/mol. The summed E-state index contributed by atoms with van der Waals surface area (Å²) in [7, 11) is 1.80. The Morgan fingerprint density at radius 3 is 2.40 bits per heavy atom. The van der Waals surface area contributed by atoms with Gasteiger partial charge in [0, 0.05) is 29.5 Å². The Hall–Kier alpha value is -1.32. The quantitative estimate of drug-likeness (QED) is 0.744. The van der Waals surface area contributed by atoms with Gasteiger partial charge in [-0.15, -0.1) is 11.6 Å². The Balaban J connectivity index is 2.10. The normalized spacial score (nSPS) is 10.3. The first kappa shape index (κ1) is 15.1. The van der Waals surface area contributed by atoms with Crippen LogP contribution >= 0.6 is 27.5 Å². The first-order valence-corrected chi connectivity index (χ1v) is 7.58. The van der Waals surface area contributed by atoms with Crippen LogP contribution in [0.2, 0.25) is 0 Å². The molecule has 2 aromatic rings. The summed E-state index contributed by atoms with van der Waals surface area (Å²) in [5.41, 5.74) is 2.77. The van der Waals surface area contributed by atoms with Crippen molar-refractivity contribution in [1.29, 1.82) is 0 Å². The fraction of sp³-hybridized carbons (Fsp3) is 0.188. The first-order valence-electron chi connectivity index (χ1n) is 6.25. The number of alkyl halides is 1. The van der Waals surface area contributed by atoms with Gasteiger partial charge in [0.15, 0.2) is 0 Å². The van der Waals surface area contributed by atoms with Crippen LogP contribution in [0, 0.1) is 0 Å². The van der Waals surface area contributed by atoms with Crippen molar-refractivity contribution >= 4 is 33.4 Å². The molecule has 0 bridgehead atoms. The number of hydrogen-bond donors (Lipinski definition) is 0. The van der Waals surface area contributed by atoms with Crippen LogP contribution in [0.25, 0.3) is 0 Å². The molecule has 20 heavy (non-hydrogen) atoms. The van der Waals surface area contributed by atoms with Crippen molar-refractivity contribution in [2.24, 2.45) is 0 Å². The highest BCUT2D eigenvalue weighted by molar-refractivity contribution is 9.10. The second-order valence-corrected chi connectivity index (χ2v) is 5.70. The van der Waals surface area contributed by atoms with E-state index in [0.717, 1.165) is 15.6 Å². The lowest BCUT2D eigenvalue weighted by molar-refractivity contribution is 0.0785. The van der Waals surface area contributed by atoms with Crippen molar-refractivity contribution in [3.05, 3.63) is 69.7 Å². The van der Waals surface area contributed by atoms with Gasteiger partial charge in [0.05, 0.1) is 0 Å². The van der Waals surface area contributed by atoms with E-state index in [1.165, 1.54) is 0 Å². The summed E-state index contributed by atoms with van der Waals surface area (Å²) in [6, 6.07) is 15.3. The van der Waals surface area contributed by atoms with E-state index in [2.05, 4.69) is 15.9 Å². The molecule has 0 fully saturated rings. The highest BCUT2D eigenvalue weighted by Crippen LogP contribution is 2.18. The second-order valence-electron chi connectivity index (χ2n) is 4.58. The lowest BCUT2D eigenvalue weighted by atomic mass is 10.1. The van der Waals surface area contributed by atoms with E-state index >= 15 is 0 Å². The fourth-order valence-electron chi connectivity index (χ4n) is 1.91. The summed E-state index contributed by atoms with van der Waals surface area (Å²) >= 11 is 9.24. The van der Waals surface area contributed by atoms with E-state index in [1.807, 2.05) is 48.5 Å². The Kier molecular flexibility index (Phi) is 5.21. The highest BCUT2D eigenvalue weighted by atomic mass is 79.9. The van der Waals surface area contributed by atoms with Gasteiger partial charge >= 0.3 is 0 Å². The van der Waals surface area contributed by atoms with E-state index in [4.69, 9.17) is 11.6 Å². The molecule has 0 aliphatic rings. The van der Waals surface area contributed by atoms with E-state index in [1.54, 1.807) is 11.9 Å². The molecule has 0 radical (unpaired) electrons. The van der Waals surface area contributed by atoms with Crippen molar-refractivity contribution in [1.82, 2.24) is 4.90 Å². The molecule has 0 N–H and O–H groups in total. The molecule has 2 aromatic carbocycles. The zero-order chi connectivity index (χ0) is 14.5. The second kappa shape index (κ2) is 6.91. The molecule has 1 amide bonds. The van der Waals surface area contributed by atoms with Crippen LogP contribution < -0.4 is 0 Å². The van der Waals surface area contributed by atoms with Crippen molar-refractivity contribution < 1.29 is 4.79 Å². The van der Waals surface area contributed by atoms with Gasteiger partial charge in [0.25, 0.3) is 5.91 Å². The highest BCUT2D eigenvalue weighted by Gasteiger charge is 2.12. The van der Waals surface area contributed by atoms with E-state index in [0.29, 0.717) is 18.0 Å². The molecule has 0 aliphatic carbocycles. The third kappa shape index (κ3) is 3.62. The van der Waals surface area contributed by atoms with Crippen LogP contribution in [-0.4, -0.2) is 17.9 Å². The smallest absolute Gasteiger partial charge is 0.253 e. The number of carbonyl (C=O) groups is 1. The summed E-state index contributed by atoms with van der Waals surface area (Å²) in [5, 5.41) is 0. The maximum atomic E-state index is 12.3. The number of hydrogen-bond acceptors (Lipinski definition) is 1. The number of amides is 1. The first-order chi connectivity index (χ1) is 9.61. The molecule has 0 atom stereocenters. The maximum Gasteiger partial charge on any atom is 0.253 e. The van der Waals surface area contributed by atoms with Crippen LogP contribution in [-0.2, 0) is 12.4 Å². The summed E-state index contributed by atoms with van der Waals surface area (Å²) in [6.07, 6.45) is 0. The van der Waals surface area contributed by atoms with Gasteiger partial charge in [-0.3, -0.25) is 4.79 Å². The summed E-state index contributed by atoms with van der Waals surface area (Å²) in [5.74, 6) is 0.461. The molecule has 4 heteroatoms. The van der Waals surface area contributed by atoms with Gasteiger partial charge in [0.2, 0.25) is 0 Å². The van der Waals surface area contributed by atoms with Gasteiger partial charge in [-0.1, -0.05) is 46.3 Å². The average Bonchev–Trinajstić information content (AvgIpc) is 2.49. The number of nitrogens with zero attached hydrogens (tertiary/aromatic N) is 1. The third-order valence-electron chi connectivity index (χ3n) is 3.07. The third-order valence-corrected chi connectivity index (χ3v) is 4.15. The van der Waals surface area contributed by atoms with E-state index < -0.39 is 0 Å². The van der Waals surface area contributed by atoms with Gasteiger partial charge in [0.1, 0.15) is 0 Å². The Morgan fingerprint density at radius 2 is 1.80 bits per heavy atom. The molecular weight excluding hydrogens is 338 g/mol. The Labute approximate surface area is 132 Å². The van der Waals surface area contributed by atoms with Gasteiger partial charge in [-0.2, -0.15) is 0 Å². The molecule has 0 spiro atoms. The number of rotatable bonds is 4. The van der Waals surface area contributed by atoms with Crippen LogP contribution in [0.1, 0.15) is 21.5 Å². The molecule has 0 unspecified atom stereocenters. The van der Waals surface area contributed by atoms with Gasteiger partial charge in [-0.25, -0.2) is 0 Å². The number of carbonyl (C=O) groups excluding carboxylic acids is 1. The molecule has 0 aliphatic heterocycles. The maximum absolute atomic E-state index is 12.3. The molecule has 0 aromatic heterocycles. The average molecular weight is 353 g/mol. The Bertz CT molecular complexity index is 598. The molecule has 104 valence electrons. The molecule has 0 saturated carbocycles. The van der Waals surface area contributed by atoms with Crippen molar-refractivity contribution in [3.63, 3.8) is 0 Å². The van der Waals surface area contributed by atoms with Gasteiger partial charge < -0.3 is 4.90 Å². The molecule has 0 heterocycles. The van der Waals surface area contributed by atoms with Crippen LogP contribution in [0.4, 0.5) is 0 Å². The summed E-state index contributed by atoms with van der Waals surface area (Å²) in [6.45, 7) is 0.567. The minimum Gasteiger partial charge on any atom is -0.337 e. The minimum atomic E-state index is 0.00174. The fourth-order valence-corrected chi connectivity index (χ4v) is 2.50. The van der Waals surface area contributed by atoms with E-state index in [9.17, 15) is 4.79 Å². The van der Waals surface area contributed by atoms with Crippen LogP contribution in [0.3, 0.4) is 0 Å². The number of benzene rings is 2. The van der Waals surface area contributed by atoms with Crippen LogP contribution in [0.5, 0.6) is 0 Å². The lowest BCUT2D eigenvalue weighted by Crippen LogP contribution is -2.26. The van der Waals surface area contributed by atoms with Crippen molar-refractivity contribution in [3.8, 4) is 0 Å². The minimum absolute atomic E-state index is 0.00174. The van der Waals surface area contributed by atoms with Gasteiger partial charge in [-0.05, 0) is 29.3 Å². The summed E-state index contributed by atoms with van der Waals surface area (Å²) in [4.78, 5) is 14.0. The molecule has 0 saturated heterocycles. The van der Waals surface area contributed by atoms with Crippen LogP contribution in [0.15, 0.2) is 53.0 Å². The zero-order valence-electron chi connectivity index (χ0n) is 11.1. The molecule has 2 rings (SSSR count). The van der Waals surface area contributed by atoms with E-state index in [-0.39, 0.29) is 5.91 Å². The van der Waals surface area contributed by atoms with Crippen molar-refractivity contribution in [2.45, 2.75) is 12.4 Å². The predicted octanol–water partition coefficient (Wildman–Crippen LogP) is 4.46. The lowest BCUT2D eigenvalue weighted by Gasteiger charge is -2.18. The predicted molar refractivity (Wildman–Crippen MR) is 85.9 cm³/mol. The van der Waals surface area contributed by atoms with Crippen molar-refractivity contribution in [2.75, 3.05) is 7.05 Å². The summed E-state index contributed by atoms with van der Waals surface area (Å²) < 4.78 is 1.01. The largest absolute Gasteiger partial charge is 0.337 e. The SMILES string of the molecule is CN(Cc1ccccc1Br)C(=O)c1ccc(CCl)cc1. The Morgan fingerprint density at radius 1 is 1.15 bits per heavy atom. The molecular formula is C16H15BrClNO. The number of halogens is 2. The molecule has 2 nitrogen and oxygen atoms in total. The zero-order valence-corrected chi connectivity index (χ0v) is 13.5.